The van der Waals surface area contributed by atoms with Crippen LogP contribution >= 0.6 is 0 Å². The zero-order valence-corrected chi connectivity index (χ0v) is 7.66. The van der Waals surface area contributed by atoms with Crippen molar-refractivity contribution in [2.75, 3.05) is 13.2 Å². The Morgan fingerprint density at radius 2 is 2.21 bits per heavy atom. The van der Waals surface area contributed by atoms with E-state index in [1.54, 1.807) is 6.34 Å². The van der Waals surface area contributed by atoms with Crippen LogP contribution in [-0.4, -0.2) is 19.5 Å². The number of ether oxygens (including phenoxy) is 1. The van der Waals surface area contributed by atoms with Crippen molar-refractivity contribution in [2.24, 2.45) is 4.99 Å². The maximum atomic E-state index is 5.62. The summed E-state index contributed by atoms with van der Waals surface area (Å²) in [6.45, 7) is 1.40. The molecule has 0 aliphatic carbocycles. The van der Waals surface area contributed by atoms with Crippen LogP contribution in [-0.2, 0) is 0 Å². The van der Waals surface area contributed by atoms with Crippen LogP contribution in [0.2, 0.25) is 0 Å². The lowest BCUT2D eigenvalue weighted by molar-refractivity contribution is 0.343. The molecule has 1 N–H and O–H groups in total. The van der Waals surface area contributed by atoms with Crippen molar-refractivity contribution in [3.05, 3.63) is 35.4 Å². The van der Waals surface area contributed by atoms with Gasteiger partial charge in [-0.05, 0) is 12.1 Å². The van der Waals surface area contributed by atoms with Crippen LogP contribution in [0.4, 0.5) is 0 Å². The summed E-state index contributed by atoms with van der Waals surface area (Å²) in [5, 5.41) is 3.19. The van der Waals surface area contributed by atoms with Gasteiger partial charge in [0.15, 0.2) is 0 Å². The van der Waals surface area contributed by atoms with Crippen LogP contribution in [0.5, 0.6) is 5.75 Å². The van der Waals surface area contributed by atoms with Crippen molar-refractivity contribution in [3.8, 4) is 5.75 Å². The molecule has 0 fully saturated rings. The molecule has 2 heterocycles. The Labute approximate surface area is 82.1 Å². The minimum absolute atomic E-state index is 0.649. The van der Waals surface area contributed by atoms with E-state index >= 15 is 0 Å². The minimum atomic E-state index is 0.649. The van der Waals surface area contributed by atoms with E-state index in [1.165, 1.54) is 11.3 Å². The first-order valence-electron chi connectivity index (χ1n) is 4.64. The van der Waals surface area contributed by atoms with Gasteiger partial charge in [0.05, 0.1) is 18.6 Å². The number of fused-ring (bicyclic) bond motifs is 2. The second-order valence-corrected chi connectivity index (χ2v) is 3.38. The van der Waals surface area contributed by atoms with Gasteiger partial charge in [0.25, 0.3) is 0 Å². The van der Waals surface area contributed by atoms with E-state index in [-0.39, 0.29) is 0 Å². The van der Waals surface area contributed by atoms with Crippen LogP contribution in [0.15, 0.2) is 34.8 Å². The fourth-order valence-corrected chi connectivity index (χ4v) is 1.80. The van der Waals surface area contributed by atoms with Gasteiger partial charge in [-0.3, -0.25) is 4.99 Å². The third-order valence-corrected chi connectivity index (χ3v) is 2.49. The fourth-order valence-electron chi connectivity index (χ4n) is 1.80. The molecule has 0 atom stereocenters. The average Bonchev–Trinajstić information content (AvgIpc) is 2.29. The van der Waals surface area contributed by atoms with E-state index < -0.39 is 0 Å². The predicted octanol–water partition coefficient (Wildman–Crippen LogP) is 1.42. The van der Waals surface area contributed by atoms with Crippen molar-refractivity contribution in [2.45, 2.75) is 0 Å². The highest BCUT2D eigenvalue weighted by atomic mass is 16.5. The van der Waals surface area contributed by atoms with Gasteiger partial charge >= 0.3 is 0 Å². The summed E-state index contributed by atoms with van der Waals surface area (Å²) < 4.78 is 5.62. The zero-order chi connectivity index (χ0) is 9.38. The van der Waals surface area contributed by atoms with Crippen molar-refractivity contribution in [1.29, 1.82) is 0 Å². The van der Waals surface area contributed by atoms with Crippen LogP contribution in [0.25, 0.3) is 5.70 Å². The number of nitrogens with one attached hydrogen (secondary N) is 1. The molecule has 0 saturated heterocycles. The first kappa shape index (κ1) is 7.62. The molecule has 1 aromatic carbocycles. The van der Waals surface area contributed by atoms with Gasteiger partial charge in [-0.15, -0.1) is 0 Å². The number of nitrogens with zero attached hydrogens (tertiary/aromatic N) is 1. The Balaban J connectivity index is 2.14. The van der Waals surface area contributed by atoms with Crippen molar-refractivity contribution < 1.29 is 4.74 Å². The molecule has 0 saturated carbocycles. The van der Waals surface area contributed by atoms with Crippen molar-refractivity contribution in [3.63, 3.8) is 0 Å². The molecule has 0 spiro atoms. The molecule has 0 amide bonds. The van der Waals surface area contributed by atoms with E-state index in [0.29, 0.717) is 6.61 Å². The van der Waals surface area contributed by atoms with Crippen LogP contribution < -0.4 is 10.1 Å². The number of aliphatic imine (C=N–C) groups is 1. The molecule has 0 aromatic heterocycles. The van der Waals surface area contributed by atoms with E-state index in [0.717, 1.165) is 17.9 Å². The summed E-state index contributed by atoms with van der Waals surface area (Å²) >= 11 is 0. The Kier molecular flexibility index (Phi) is 1.56. The summed E-state index contributed by atoms with van der Waals surface area (Å²) in [4.78, 5) is 4.16. The molecule has 3 heteroatoms. The Bertz CT molecular complexity index is 435. The third kappa shape index (κ3) is 1.02. The van der Waals surface area contributed by atoms with Gasteiger partial charge in [0.1, 0.15) is 12.4 Å². The van der Waals surface area contributed by atoms with Gasteiger partial charge in [-0.25, -0.2) is 0 Å². The number of hydrogen-bond acceptors (Lipinski definition) is 3. The fraction of sp³-hybridized carbons (Fsp3) is 0.182. The molecule has 3 rings (SSSR count). The van der Waals surface area contributed by atoms with Gasteiger partial charge in [0.2, 0.25) is 0 Å². The molecule has 70 valence electrons. The molecular weight excluding hydrogens is 176 g/mol. The lowest BCUT2D eigenvalue weighted by Gasteiger charge is -2.25. The summed E-state index contributed by atoms with van der Waals surface area (Å²) in [5.74, 6) is 0.953. The van der Waals surface area contributed by atoms with Crippen molar-refractivity contribution >= 4 is 12.0 Å². The van der Waals surface area contributed by atoms with Gasteiger partial charge in [-0.2, -0.15) is 0 Å². The van der Waals surface area contributed by atoms with Crippen LogP contribution in [0, 0.1) is 0 Å². The molecule has 0 unspecified atom stereocenters. The summed E-state index contributed by atoms with van der Waals surface area (Å²) in [7, 11) is 0. The summed E-state index contributed by atoms with van der Waals surface area (Å²) in [6.07, 6.45) is 1.75. The lowest BCUT2D eigenvalue weighted by atomic mass is 10.0. The van der Waals surface area contributed by atoms with Gasteiger partial charge in [0, 0.05) is 11.1 Å². The Hall–Kier alpha value is -1.77. The Morgan fingerprint density at radius 1 is 1.29 bits per heavy atom. The largest absolute Gasteiger partial charge is 0.488 e. The molecular formula is C11H10N2O. The zero-order valence-electron chi connectivity index (χ0n) is 7.66. The van der Waals surface area contributed by atoms with E-state index in [4.69, 9.17) is 4.74 Å². The molecule has 1 aromatic rings. The van der Waals surface area contributed by atoms with Gasteiger partial charge < -0.3 is 10.1 Å². The van der Waals surface area contributed by atoms with E-state index in [1.807, 2.05) is 18.2 Å². The van der Waals surface area contributed by atoms with E-state index in [2.05, 4.69) is 16.4 Å². The smallest absolute Gasteiger partial charge is 0.129 e. The van der Waals surface area contributed by atoms with Crippen LogP contribution in [0.1, 0.15) is 5.56 Å². The number of benzene rings is 1. The van der Waals surface area contributed by atoms with Gasteiger partial charge in [-0.1, -0.05) is 12.1 Å². The standard InChI is InChI=1S/C11H10N2O/c1-2-4-10-9(3-1)11-8(6-14-10)5-12-7-13-11/h1-4,7H,5-6H2,(H,12,13). The highest BCUT2D eigenvalue weighted by molar-refractivity contribution is 5.83. The number of para-hydroxylation sites is 1. The molecule has 2 aliphatic rings. The second-order valence-electron chi connectivity index (χ2n) is 3.38. The highest BCUT2D eigenvalue weighted by Crippen LogP contribution is 2.31. The summed E-state index contributed by atoms with van der Waals surface area (Å²) in [6, 6.07) is 8.06. The third-order valence-electron chi connectivity index (χ3n) is 2.49. The SMILES string of the molecule is C1=NCC2=C(N1)c1ccccc1OC2. The minimum Gasteiger partial charge on any atom is -0.488 e. The highest BCUT2D eigenvalue weighted by Gasteiger charge is 2.20. The number of rotatable bonds is 0. The predicted molar refractivity (Wildman–Crippen MR) is 55.4 cm³/mol. The topological polar surface area (TPSA) is 33.6 Å². The molecule has 0 bridgehead atoms. The molecule has 14 heavy (non-hydrogen) atoms. The monoisotopic (exact) mass is 186 g/mol. The first-order valence-corrected chi connectivity index (χ1v) is 4.64. The maximum absolute atomic E-state index is 5.62. The lowest BCUT2D eigenvalue weighted by Crippen LogP contribution is -2.25. The first-order chi connectivity index (χ1) is 6.95. The normalized spacial score (nSPS) is 18.0. The van der Waals surface area contributed by atoms with Crippen LogP contribution in [0.3, 0.4) is 0 Å². The number of hydrogen-bond donors (Lipinski definition) is 1. The maximum Gasteiger partial charge on any atom is 0.129 e. The molecule has 2 aliphatic heterocycles. The summed E-state index contributed by atoms with van der Waals surface area (Å²) in [5.41, 5.74) is 3.54. The Morgan fingerprint density at radius 3 is 3.21 bits per heavy atom. The molecule has 0 radical (unpaired) electrons. The quantitative estimate of drug-likeness (QED) is 0.664. The van der Waals surface area contributed by atoms with Crippen molar-refractivity contribution in [1.82, 2.24) is 5.32 Å². The van der Waals surface area contributed by atoms with E-state index in [9.17, 15) is 0 Å². The average molecular weight is 186 g/mol. The molecule has 3 nitrogen and oxygen atoms in total. The second kappa shape index (κ2) is 2.87.